The van der Waals surface area contributed by atoms with Crippen LogP contribution in [0.15, 0.2) is 42.5 Å². The van der Waals surface area contributed by atoms with E-state index in [1.165, 1.54) is 16.7 Å². The molecule has 2 aromatic rings. The Hall–Kier alpha value is -2.20. The lowest BCUT2D eigenvalue weighted by Crippen LogP contribution is -2.31. The third-order valence-corrected chi connectivity index (χ3v) is 4.84. The van der Waals surface area contributed by atoms with Gasteiger partial charge in [-0.05, 0) is 22.3 Å². The topological polar surface area (TPSA) is 55.7 Å². The summed E-state index contributed by atoms with van der Waals surface area (Å²) in [5, 5.41) is 11.0. The number of nitrogens with zero attached hydrogens (tertiary/aromatic N) is 1. The molecule has 0 radical (unpaired) electrons. The fourth-order valence-electron chi connectivity index (χ4n) is 4.02. The van der Waals surface area contributed by atoms with E-state index in [1.54, 1.807) is 12.1 Å². The lowest BCUT2D eigenvalue weighted by molar-refractivity contribution is -0.385. The molecule has 98 valence electrons. The minimum Gasteiger partial charge on any atom is -0.368 e. The van der Waals surface area contributed by atoms with Crippen LogP contribution in [0, 0.1) is 10.1 Å². The van der Waals surface area contributed by atoms with Gasteiger partial charge in [-0.3, -0.25) is 10.1 Å². The zero-order chi connectivity index (χ0) is 13.4. The number of rotatable bonds is 1. The molecule has 6 rings (SSSR count). The summed E-state index contributed by atoms with van der Waals surface area (Å²) in [5.74, 6) is 0.410. The third-order valence-electron chi connectivity index (χ3n) is 4.84. The van der Waals surface area contributed by atoms with Gasteiger partial charge in [0, 0.05) is 24.0 Å². The Balaban J connectivity index is 1.79. The highest BCUT2D eigenvalue weighted by Gasteiger charge is 2.60. The summed E-state index contributed by atoms with van der Waals surface area (Å²) in [4.78, 5) is 10.7. The van der Waals surface area contributed by atoms with Crippen molar-refractivity contribution in [2.75, 3.05) is 0 Å². The first-order valence-corrected chi connectivity index (χ1v) is 6.78. The lowest BCUT2D eigenvalue weighted by Gasteiger charge is -2.37. The predicted molar refractivity (Wildman–Crippen MR) is 71.9 cm³/mol. The van der Waals surface area contributed by atoms with Crippen LogP contribution in [0.25, 0.3) is 0 Å². The molecule has 1 heterocycles. The van der Waals surface area contributed by atoms with Crippen LogP contribution in [0.1, 0.15) is 34.1 Å². The molecule has 4 nitrogen and oxygen atoms in total. The molecule has 3 aliphatic carbocycles. The maximum Gasteiger partial charge on any atom is 0.269 e. The van der Waals surface area contributed by atoms with E-state index < -0.39 is 0 Å². The minimum absolute atomic E-state index is 0.163. The second-order valence-corrected chi connectivity index (χ2v) is 5.72. The molecule has 0 aromatic heterocycles. The van der Waals surface area contributed by atoms with Gasteiger partial charge >= 0.3 is 0 Å². The fraction of sp³-hybridized carbons (Fsp3) is 0.250. The van der Waals surface area contributed by atoms with Crippen LogP contribution in [-0.4, -0.2) is 17.1 Å². The van der Waals surface area contributed by atoms with Gasteiger partial charge in [-0.25, -0.2) is 0 Å². The summed E-state index contributed by atoms with van der Waals surface area (Å²) < 4.78 is 5.86. The standard InChI is InChI=1S/C16H11NO3/c18-17(19)8-5-6-11-12(7-8)14-10-4-2-1-3-9(10)13(11)15-16(14)20-15/h1-7,13-16H/t13-,14+,15-,16+/m1/s1. The SMILES string of the molecule is O=[N+]([O-])c1ccc2c(c1)[C@@H]1c3ccccc3[C@H]2[C@H]2O[C@@H]12. The first-order valence-electron chi connectivity index (χ1n) is 6.78. The van der Waals surface area contributed by atoms with Gasteiger partial charge in [-0.1, -0.05) is 30.3 Å². The van der Waals surface area contributed by atoms with Gasteiger partial charge in [-0.2, -0.15) is 0 Å². The maximum absolute atomic E-state index is 11.0. The Kier molecular flexibility index (Phi) is 1.73. The monoisotopic (exact) mass is 265 g/mol. The number of benzene rings is 2. The van der Waals surface area contributed by atoms with Crippen LogP contribution in [0.5, 0.6) is 0 Å². The molecule has 0 saturated carbocycles. The molecule has 4 heteroatoms. The molecule has 2 aromatic carbocycles. The van der Waals surface area contributed by atoms with Crippen molar-refractivity contribution < 1.29 is 9.66 Å². The zero-order valence-corrected chi connectivity index (χ0v) is 10.5. The summed E-state index contributed by atoms with van der Waals surface area (Å²) in [7, 11) is 0. The smallest absolute Gasteiger partial charge is 0.269 e. The third kappa shape index (κ3) is 1.11. The van der Waals surface area contributed by atoms with Crippen LogP contribution >= 0.6 is 0 Å². The van der Waals surface area contributed by atoms with Crippen LogP contribution in [0.2, 0.25) is 0 Å². The molecule has 1 fully saturated rings. The van der Waals surface area contributed by atoms with Crippen LogP contribution in [-0.2, 0) is 4.74 Å². The molecule has 0 spiro atoms. The first kappa shape index (κ1) is 10.6. The van der Waals surface area contributed by atoms with E-state index >= 15 is 0 Å². The van der Waals surface area contributed by atoms with Crippen molar-refractivity contribution in [1.29, 1.82) is 0 Å². The van der Waals surface area contributed by atoms with E-state index in [9.17, 15) is 10.1 Å². The highest BCUT2D eigenvalue weighted by atomic mass is 16.6. The van der Waals surface area contributed by atoms with Gasteiger partial charge in [0.15, 0.2) is 0 Å². The van der Waals surface area contributed by atoms with Crippen molar-refractivity contribution in [2.45, 2.75) is 24.0 Å². The molecular weight excluding hydrogens is 254 g/mol. The van der Waals surface area contributed by atoms with Crippen molar-refractivity contribution in [1.82, 2.24) is 0 Å². The zero-order valence-electron chi connectivity index (χ0n) is 10.5. The van der Waals surface area contributed by atoms with Gasteiger partial charge in [0.2, 0.25) is 0 Å². The Morgan fingerprint density at radius 3 is 2.15 bits per heavy atom. The number of ether oxygens (including phenoxy) is 1. The molecule has 20 heavy (non-hydrogen) atoms. The van der Waals surface area contributed by atoms with E-state index in [2.05, 4.69) is 18.2 Å². The highest BCUT2D eigenvalue weighted by molar-refractivity contribution is 5.61. The first-order chi connectivity index (χ1) is 9.75. The number of epoxide rings is 1. The van der Waals surface area contributed by atoms with Crippen molar-refractivity contribution in [3.05, 3.63) is 74.8 Å². The summed E-state index contributed by atoms with van der Waals surface area (Å²) >= 11 is 0. The van der Waals surface area contributed by atoms with Crippen LogP contribution in [0.3, 0.4) is 0 Å². The predicted octanol–water partition coefficient (Wildman–Crippen LogP) is 2.95. The van der Waals surface area contributed by atoms with Gasteiger partial charge < -0.3 is 4.74 Å². The summed E-state index contributed by atoms with van der Waals surface area (Å²) in [6.07, 6.45) is 0.480. The molecule has 1 aliphatic heterocycles. The minimum atomic E-state index is -0.320. The van der Waals surface area contributed by atoms with Gasteiger partial charge in [0.05, 0.1) is 17.1 Å². The molecule has 4 atom stereocenters. The average Bonchev–Trinajstić information content (AvgIpc) is 3.26. The lowest BCUT2D eigenvalue weighted by atomic mass is 9.64. The molecule has 2 bridgehead atoms. The summed E-state index contributed by atoms with van der Waals surface area (Å²) in [5.41, 5.74) is 5.08. The molecule has 0 N–H and O–H groups in total. The van der Waals surface area contributed by atoms with Crippen LogP contribution < -0.4 is 0 Å². The summed E-state index contributed by atoms with van der Waals surface area (Å²) in [6, 6.07) is 13.7. The van der Waals surface area contributed by atoms with Gasteiger partial charge in [0.1, 0.15) is 0 Å². The van der Waals surface area contributed by atoms with Crippen molar-refractivity contribution in [3.8, 4) is 0 Å². The quantitative estimate of drug-likeness (QED) is 0.452. The Morgan fingerprint density at radius 2 is 1.50 bits per heavy atom. The van der Waals surface area contributed by atoms with Gasteiger partial charge in [0.25, 0.3) is 5.69 Å². The van der Waals surface area contributed by atoms with E-state index in [-0.39, 0.29) is 34.7 Å². The Morgan fingerprint density at radius 1 is 0.900 bits per heavy atom. The molecule has 1 saturated heterocycles. The highest BCUT2D eigenvalue weighted by Crippen LogP contribution is 2.61. The van der Waals surface area contributed by atoms with E-state index in [4.69, 9.17) is 4.74 Å². The van der Waals surface area contributed by atoms with Crippen molar-refractivity contribution in [2.24, 2.45) is 0 Å². The largest absolute Gasteiger partial charge is 0.368 e. The van der Waals surface area contributed by atoms with E-state index in [0.29, 0.717) is 0 Å². The fourth-order valence-corrected chi connectivity index (χ4v) is 4.02. The second kappa shape index (κ2) is 3.27. The van der Waals surface area contributed by atoms with E-state index in [0.717, 1.165) is 5.56 Å². The Bertz CT molecular complexity index is 770. The molecule has 0 amide bonds. The number of non-ortho nitro benzene ring substituents is 1. The summed E-state index contributed by atoms with van der Waals surface area (Å²) in [6.45, 7) is 0. The number of hydrogen-bond donors (Lipinski definition) is 0. The second-order valence-electron chi connectivity index (χ2n) is 5.72. The Labute approximate surface area is 115 Å². The normalized spacial score (nSPS) is 31.2. The number of nitro groups is 1. The average molecular weight is 265 g/mol. The molecule has 0 unspecified atom stereocenters. The molecule has 4 aliphatic rings. The number of nitro benzene ring substituents is 1. The van der Waals surface area contributed by atoms with Crippen LogP contribution in [0.4, 0.5) is 5.69 Å². The van der Waals surface area contributed by atoms with E-state index in [1.807, 2.05) is 12.1 Å². The number of hydrogen-bond acceptors (Lipinski definition) is 3. The molecular formula is C16H11NO3. The van der Waals surface area contributed by atoms with Crippen molar-refractivity contribution >= 4 is 5.69 Å². The maximum atomic E-state index is 11.0. The van der Waals surface area contributed by atoms with Gasteiger partial charge in [-0.15, -0.1) is 0 Å². The van der Waals surface area contributed by atoms with Crippen molar-refractivity contribution in [3.63, 3.8) is 0 Å².